The first-order valence-electron chi connectivity index (χ1n) is 6.53. The van der Waals surface area contributed by atoms with Crippen LogP contribution in [0.5, 0.6) is 5.88 Å². The van der Waals surface area contributed by atoms with Gasteiger partial charge in [0.15, 0.2) is 0 Å². The largest absolute Gasteiger partial charge is 0.475 e. The minimum atomic E-state index is -1.16. The first kappa shape index (κ1) is 14.0. The molecule has 2 atom stereocenters. The Kier molecular flexibility index (Phi) is 3.28. The monoisotopic (exact) mass is 308 g/mol. The smallest absolute Gasteiger partial charge is 0.404 e. The van der Waals surface area contributed by atoms with Crippen molar-refractivity contribution in [3.05, 3.63) is 27.9 Å². The predicted molar refractivity (Wildman–Crippen MR) is 70.8 cm³/mol. The topological polar surface area (TPSA) is 135 Å². The lowest BCUT2D eigenvalue weighted by molar-refractivity contribution is -0.385. The molecule has 1 saturated heterocycles. The Morgan fingerprint density at radius 1 is 1.59 bits per heavy atom. The molecule has 116 valence electrons. The Bertz CT molecular complexity index is 663. The quantitative estimate of drug-likeness (QED) is 0.589. The van der Waals surface area contributed by atoms with Crippen molar-refractivity contribution in [3.63, 3.8) is 0 Å². The lowest BCUT2D eigenvalue weighted by atomic mass is 10.2. The van der Waals surface area contributed by atoms with Crippen LogP contribution in [-0.2, 0) is 0 Å². The minimum absolute atomic E-state index is 0.0210. The van der Waals surface area contributed by atoms with Crippen molar-refractivity contribution in [2.45, 2.75) is 18.5 Å². The van der Waals surface area contributed by atoms with Gasteiger partial charge in [-0.3, -0.25) is 14.9 Å². The third-order valence-corrected chi connectivity index (χ3v) is 3.69. The van der Waals surface area contributed by atoms with E-state index in [2.05, 4.69) is 10.3 Å². The van der Waals surface area contributed by atoms with Crippen LogP contribution in [0, 0.1) is 10.1 Å². The zero-order valence-corrected chi connectivity index (χ0v) is 11.3. The Labute approximate surface area is 123 Å². The maximum atomic E-state index is 12.5. The molecule has 2 N–H and O–H groups in total. The summed E-state index contributed by atoms with van der Waals surface area (Å²) in [6, 6.07) is 0.450. The number of nitrogens with zero attached hydrogens (tertiary/aromatic N) is 3. The number of nitro groups is 1. The van der Waals surface area contributed by atoms with E-state index in [0.29, 0.717) is 6.42 Å². The highest BCUT2D eigenvalue weighted by Crippen LogP contribution is 2.30. The molecule has 0 radical (unpaired) electrons. The van der Waals surface area contributed by atoms with Gasteiger partial charge in [0.05, 0.1) is 17.0 Å². The van der Waals surface area contributed by atoms with Gasteiger partial charge >= 0.3 is 6.09 Å². The summed E-state index contributed by atoms with van der Waals surface area (Å²) in [5.74, 6) is -0.379. The van der Waals surface area contributed by atoms with Gasteiger partial charge in [0.25, 0.3) is 11.6 Å². The van der Waals surface area contributed by atoms with E-state index in [4.69, 9.17) is 9.84 Å². The zero-order valence-electron chi connectivity index (χ0n) is 11.3. The third-order valence-electron chi connectivity index (χ3n) is 3.69. The molecule has 0 unspecified atom stereocenters. The van der Waals surface area contributed by atoms with E-state index in [1.807, 2.05) is 0 Å². The Balaban J connectivity index is 1.89. The Hall–Kier alpha value is -2.91. The summed E-state index contributed by atoms with van der Waals surface area (Å²) >= 11 is 0. The molecule has 0 aromatic carbocycles. The maximum Gasteiger partial charge on any atom is 0.404 e. The summed E-state index contributed by atoms with van der Waals surface area (Å²) in [7, 11) is 0. The Morgan fingerprint density at radius 2 is 2.36 bits per heavy atom. The number of aromatic nitrogens is 1. The molecule has 3 rings (SSSR count). The van der Waals surface area contributed by atoms with Gasteiger partial charge in [-0.05, 0) is 6.42 Å². The van der Waals surface area contributed by atoms with E-state index in [0.717, 1.165) is 12.3 Å². The van der Waals surface area contributed by atoms with Crippen molar-refractivity contribution in [2.75, 3.05) is 13.2 Å². The standard InChI is InChI=1S/C12H12N4O6/c17-11-9-2-7(16(20)21)3-13-10(9)22-5-8-1-6(4-15(8)11)14-12(18)19/h2-3,6,8,14H,1,4-5H2,(H,18,19)/t6-,8-/m1/s1. The SMILES string of the molecule is O=C(O)N[C@@H]1C[C@@H]2COc3ncc([N+](=O)[O-])cc3C(=O)N2C1. The van der Waals surface area contributed by atoms with Crippen LogP contribution in [0.25, 0.3) is 0 Å². The van der Waals surface area contributed by atoms with Crippen molar-refractivity contribution in [2.24, 2.45) is 0 Å². The van der Waals surface area contributed by atoms with Gasteiger partial charge in [-0.25, -0.2) is 9.78 Å². The van der Waals surface area contributed by atoms with Gasteiger partial charge in [-0.1, -0.05) is 0 Å². The fourth-order valence-corrected chi connectivity index (χ4v) is 2.74. The lowest BCUT2D eigenvalue weighted by Gasteiger charge is -2.20. The summed E-state index contributed by atoms with van der Waals surface area (Å²) in [6.07, 6.45) is 0.305. The van der Waals surface area contributed by atoms with Crippen molar-refractivity contribution >= 4 is 17.7 Å². The van der Waals surface area contributed by atoms with Crippen LogP contribution in [0.1, 0.15) is 16.8 Å². The average molecular weight is 308 g/mol. The van der Waals surface area contributed by atoms with Crippen LogP contribution in [-0.4, -0.2) is 57.1 Å². The summed E-state index contributed by atoms with van der Waals surface area (Å²) in [5.41, 5.74) is -0.277. The average Bonchev–Trinajstić information content (AvgIpc) is 2.80. The van der Waals surface area contributed by atoms with E-state index in [1.54, 1.807) is 0 Å². The first-order chi connectivity index (χ1) is 10.5. The summed E-state index contributed by atoms with van der Waals surface area (Å²) in [4.78, 5) is 38.7. The number of ether oxygens (including phenoxy) is 1. The number of hydrogen-bond donors (Lipinski definition) is 2. The van der Waals surface area contributed by atoms with Crippen LogP contribution >= 0.6 is 0 Å². The molecule has 10 heteroatoms. The van der Waals surface area contributed by atoms with Gasteiger partial charge in [0.2, 0.25) is 5.88 Å². The van der Waals surface area contributed by atoms with Gasteiger partial charge in [0, 0.05) is 12.6 Å². The summed E-state index contributed by atoms with van der Waals surface area (Å²) in [6.45, 7) is 0.364. The molecule has 1 aromatic heterocycles. The fraction of sp³-hybridized carbons (Fsp3) is 0.417. The van der Waals surface area contributed by atoms with Crippen molar-refractivity contribution in [1.82, 2.24) is 15.2 Å². The second-order valence-corrected chi connectivity index (χ2v) is 5.11. The van der Waals surface area contributed by atoms with Crippen LogP contribution in [0.3, 0.4) is 0 Å². The van der Waals surface area contributed by atoms with Gasteiger partial charge in [-0.15, -0.1) is 0 Å². The molecule has 2 amide bonds. The summed E-state index contributed by atoms with van der Waals surface area (Å²) in [5, 5.41) is 21.9. The second-order valence-electron chi connectivity index (χ2n) is 5.11. The van der Waals surface area contributed by atoms with Crippen molar-refractivity contribution in [1.29, 1.82) is 0 Å². The normalized spacial score (nSPS) is 23.1. The highest BCUT2D eigenvalue weighted by atomic mass is 16.6. The molecule has 0 aliphatic carbocycles. The van der Waals surface area contributed by atoms with Gasteiger partial charge in [-0.2, -0.15) is 0 Å². The first-order valence-corrected chi connectivity index (χ1v) is 6.53. The van der Waals surface area contributed by atoms with Gasteiger partial charge < -0.3 is 20.1 Å². The highest BCUT2D eigenvalue weighted by molar-refractivity contribution is 5.97. The van der Waals surface area contributed by atoms with E-state index >= 15 is 0 Å². The van der Waals surface area contributed by atoms with Crippen LogP contribution in [0.2, 0.25) is 0 Å². The fourth-order valence-electron chi connectivity index (χ4n) is 2.74. The van der Waals surface area contributed by atoms with Gasteiger partial charge in [0.1, 0.15) is 18.4 Å². The van der Waals surface area contributed by atoms with Crippen LogP contribution in [0.4, 0.5) is 10.5 Å². The maximum absolute atomic E-state index is 12.5. The molecular formula is C12H12N4O6. The van der Waals surface area contributed by atoms with Crippen LogP contribution in [0.15, 0.2) is 12.3 Å². The number of fused-ring (bicyclic) bond motifs is 2. The van der Waals surface area contributed by atoms with E-state index in [1.165, 1.54) is 4.90 Å². The molecule has 1 aromatic rings. The Morgan fingerprint density at radius 3 is 3.05 bits per heavy atom. The molecule has 0 bridgehead atoms. The van der Waals surface area contributed by atoms with Crippen molar-refractivity contribution in [3.8, 4) is 5.88 Å². The molecule has 2 aliphatic heterocycles. The highest BCUT2D eigenvalue weighted by Gasteiger charge is 2.40. The third kappa shape index (κ3) is 2.38. The molecular weight excluding hydrogens is 296 g/mol. The molecule has 1 fully saturated rings. The number of nitrogens with one attached hydrogen (secondary N) is 1. The zero-order chi connectivity index (χ0) is 15.9. The molecule has 22 heavy (non-hydrogen) atoms. The number of carboxylic acid groups (broad SMARTS) is 1. The lowest BCUT2D eigenvalue weighted by Crippen LogP contribution is -2.39. The second kappa shape index (κ2) is 5.13. The predicted octanol–water partition coefficient (Wildman–Crippen LogP) is 0.233. The number of hydrogen-bond acceptors (Lipinski definition) is 6. The molecule has 2 aliphatic rings. The van der Waals surface area contributed by atoms with Crippen LogP contribution < -0.4 is 10.1 Å². The molecule has 0 spiro atoms. The van der Waals surface area contributed by atoms with E-state index < -0.39 is 16.9 Å². The van der Waals surface area contributed by atoms with E-state index in [-0.39, 0.29) is 42.4 Å². The number of carbonyl (C=O) groups excluding carboxylic acids is 1. The molecule has 10 nitrogen and oxygen atoms in total. The minimum Gasteiger partial charge on any atom is -0.475 e. The number of amides is 2. The van der Waals surface area contributed by atoms with E-state index in [9.17, 15) is 19.7 Å². The number of carbonyl (C=O) groups is 2. The van der Waals surface area contributed by atoms with Crippen molar-refractivity contribution < 1.29 is 24.4 Å². The summed E-state index contributed by atoms with van der Waals surface area (Å²) < 4.78 is 5.45. The molecule has 3 heterocycles. The molecule has 0 saturated carbocycles. The number of pyridine rings is 1. The number of rotatable bonds is 2.